The summed E-state index contributed by atoms with van der Waals surface area (Å²) in [5, 5.41) is 17.5. The van der Waals surface area contributed by atoms with Crippen LogP contribution in [0.2, 0.25) is 0 Å². The van der Waals surface area contributed by atoms with Crippen LogP contribution in [-0.4, -0.2) is 41.5 Å². The van der Waals surface area contributed by atoms with Gasteiger partial charge in [0.2, 0.25) is 5.91 Å². The van der Waals surface area contributed by atoms with E-state index in [4.69, 9.17) is 4.74 Å². The van der Waals surface area contributed by atoms with Gasteiger partial charge < -0.3 is 20.5 Å². The van der Waals surface area contributed by atoms with Gasteiger partial charge in [0, 0.05) is 37.9 Å². The lowest BCUT2D eigenvalue weighted by atomic mass is 9.72. The lowest BCUT2D eigenvalue weighted by molar-refractivity contribution is -0.120. The van der Waals surface area contributed by atoms with Gasteiger partial charge in [0.15, 0.2) is 0 Å². The molecule has 0 aromatic heterocycles. The second kappa shape index (κ2) is 10.2. The fraction of sp³-hybridized carbons (Fsp3) is 0.519. The van der Waals surface area contributed by atoms with Crippen molar-refractivity contribution in [3.05, 3.63) is 65.2 Å². The van der Waals surface area contributed by atoms with Crippen molar-refractivity contribution in [3.8, 4) is 5.75 Å². The number of benzene rings is 2. The Balaban J connectivity index is 1.48. The SMILES string of the molecule is CC(=O)N[C@@H](Cc1ccccc1)[C@@H](O)CN[C@H]1CC2(CCC2)Oc2ccc(C[C@H](C)F)cc21. The van der Waals surface area contributed by atoms with Gasteiger partial charge in [-0.15, -0.1) is 0 Å². The molecule has 2 aromatic carbocycles. The molecule has 1 saturated carbocycles. The van der Waals surface area contributed by atoms with E-state index in [9.17, 15) is 14.3 Å². The molecule has 2 aromatic rings. The zero-order valence-corrected chi connectivity index (χ0v) is 19.5. The van der Waals surface area contributed by atoms with Crippen molar-refractivity contribution < 1.29 is 19.0 Å². The molecule has 5 nitrogen and oxygen atoms in total. The predicted molar refractivity (Wildman–Crippen MR) is 127 cm³/mol. The number of rotatable bonds is 9. The average molecular weight is 455 g/mol. The highest BCUT2D eigenvalue weighted by Crippen LogP contribution is 2.49. The molecule has 1 aliphatic carbocycles. The minimum atomic E-state index is -0.907. The molecule has 33 heavy (non-hydrogen) atoms. The number of aliphatic hydroxyl groups is 1. The standard InChI is InChI=1S/C27H35FN2O3/c1-18(28)13-21-9-10-26-22(14-21)24(16-27(33-26)11-6-12-27)29-17-25(32)23(30-19(2)31)15-20-7-4-3-5-8-20/h3-5,7-10,14,18,23-25,29,32H,6,11-13,15-17H2,1-2H3,(H,30,31)/t18-,23-,24-,25-/m0/s1. The lowest BCUT2D eigenvalue weighted by Crippen LogP contribution is -2.52. The minimum absolute atomic E-state index is 0.00766. The highest BCUT2D eigenvalue weighted by molar-refractivity contribution is 5.73. The van der Waals surface area contributed by atoms with Gasteiger partial charge >= 0.3 is 0 Å². The van der Waals surface area contributed by atoms with E-state index in [0.29, 0.717) is 19.4 Å². The first-order valence-corrected chi connectivity index (χ1v) is 12.0. The Morgan fingerprint density at radius 3 is 2.58 bits per heavy atom. The molecule has 0 bridgehead atoms. The van der Waals surface area contributed by atoms with Crippen LogP contribution in [0.1, 0.15) is 62.3 Å². The molecular formula is C27H35FN2O3. The molecular weight excluding hydrogens is 419 g/mol. The quantitative estimate of drug-likeness (QED) is 0.535. The first-order valence-electron chi connectivity index (χ1n) is 12.0. The van der Waals surface area contributed by atoms with Crippen LogP contribution in [0.4, 0.5) is 4.39 Å². The third kappa shape index (κ3) is 5.92. The van der Waals surface area contributed by atoms with Crippen LogP contribution in [0.5, 0.6) is 5.75 Å². The van der Waals surface area contributed by atoms with E-state index in [1.807, 2.05) is 48.5 Å². The number of hydrogen-bond acceptors (Lipinski definition) is 4. The number of carbonyl (C=O) groups is 1. The second-order valence-electron chi connectivity index (χ2n) is 9.72. The van der Waals surface area contributed by atoms with E-state index >= 15 is 0 Å². The molecule has 4 rings (SSSR count). The summed E-state index contributed by atoms with van der Waals surface area (Å²) in [6.07, 6.45) is 3.29. The molecule has 1 aliphatic heterocycles. The van der Waals surface area contributed by atoms with Crippen LogP contribution >= 0.6 is 0 Å². The Morgan fingerprint density at radius 1 is 1.18 bits per heavy atom. The molecule has 1 spiro atoms. The van der Waals surface area contributed by atoms with Crippen LogP contribution in [-0.2, 0) is 17.6 Å². The Hall–Kier alpha value is -2.44. The normalized spacial score (nSPS) is 21.3. The summed E-state index contributed by atoms with van der Waals surface area (Å²) >= 11 is 0. The van der Waals surface area contributed by atoms with Gasteiger partial charge in [-0.1, -0.05) is 42.5 Å². The van der Waals surface area contributed by atoms with E-state index in [-0.39, 0.29) is 17.6 Å². The van der Waals surface area contributed by atoms with E-state index < -0.39 is 18.3 Å². The monoisotopic (exact) mass is 454 g/mol. The van der Waals surface area contributed by atoms with Crippen molar-refractivity contribution >= 4 is 5.91 Å². The Bertz CT molecular complexity index is 946. The highest BCUT2D eigenvalue weighted by Gasteiger charge is 2.45. The maximum Gasteiger partial charge on any atom is 0.217 e. The van der Waals surface area contributed by atoms with Crippen molar-refractivity contribution in [1.82, 2.24) is 10.6 Å². The summed E-state index contributed by atoms with van der Waals surface area (Å²) in [4.78, 5) is 11.8. The number of ether oxygens (including phenoxy) is 1. The average Bonchev–Trinajstić information content (AvgIpc) is 2.75. The minimum Gasteiger partial charge on any atom is -0.487 e. The van der Waals surface area contributed by atoms with E-state index in [1.54, 1.807) is 6.92 Å². The topological polar surface area (TPSA) is 70.6 Å². The van der Waals surface area contributed by atoms with Gasteiger partial charge in [-0.3, -0.25) is 4.79 Å². The summed E-state index contributed by atoms with van der Waals surface area (Å²) in [6.45, 7) is 3.38. The first kappa shape index (κ1) is 23.7. The van der Waals surface area contributed by atoms with Crippen LogP contribution in [0.15, 0.2) is 48.5 Å². The summed E-state index contributed by atoms with van der Waals surface area (Å²) < 4.78 is 20.0. The summed E-state index contributed by atoms with van der Waals surface area (Å²) in [6, 6.07) is 15.4. The number of amides is 1. The Morgan fingerprint density at radius 2 is 1.94 bits per heavy atom. The molecule has 178 valence electrons. The molecule has 3 N–H and O–H groups in total. The summed E-state index contributed by atoms with van der Waals surface area (Å²) in [5.74, 6) is 0.690. The third-order valence-corrected chi connectivity index (χ3v) is 6.86. The fourth-order valence-electron chi connectivity index (χ4n) is 5.05. The van der Waals surface area contributed by atoms with Crippen LogP contribution in [0.25, 0.3) is 0 Å². The molecule has 0 unspecified atom stereocenters. The predicted octanol–water partition coefficient (Wildman–Crippen LogP) is 4.03. The summed E-state index contributed by atoms with van der Waals surface area (Å²) in [5.41, 5.74) is 2.89. The second-order valence-corrected chi connectivity index (χ2v) is 9.72. The number of alkyl halides is 1. The van der Waals surface area contributed by atoms with Crippen LogP contribution in [0, 0.1) is 0 Å². The van der Waals surface area contributed by atoms with E-state index in [1.165, 1.54) is 6.92 Å². The molecule has 0 radical (unpaired) electrons. The number of aliphatic hydroxyl groups excluding tert-OH is 1. The molecule has 6 heteroatoms. The highest BCUT2D eigenvalue weighted by atomic mass is 19.1. The lowest BCUT2D eigenvalue weighted by Gasteiger charge is -2.48. The maximum atomic E-state index is 13.6. The van der Waals surface area contributed by atoms with Gasteiger partial charge in [0.25, 0.3) is 0 Å². The zero-order valence-electron chi connectivity index (χ0n) is 19.5. The maximum absolute atomic E-state index is 13.6. The molecule has 1 amide bonds. The first-order chi connectivity index (χ1) is 15.8. The largest absolute Gasteiger partial charge is 0.487 e. The Kier molecular flexibility index (Phi) is 7.35. The summed E-state index contributed by atoms with van der Waals surface area (Å²) in [7, 11) is 0. The van der Waals surface area contributed by atoms with Crippen molar-refractivity contribution in [2.24, 2.45) is 0 Å². The van der Waals surface area contributed by atoms with Gasteiger partial charge in [0.05, 0.1) is 12.1 Å². The van der Waals surface area contributed by atoms with Gasteiger partial charge in [-0.2, -0.15) is 0 Å². The number of carbonyl (C=O) groups excluding carboxylic acids is 1. The van der Waals surface area contributed by atoms with E-state index in [2.05, 4.69) is 10.6 Å². The van der Waals surface area contributed by atoms with Crippen LogP contribution in [0.3, 0.4) is 0 Å². The van der Waals surface area contributed by atoms with Gasteiger partial charge in [0.1, 0.15) is 17.5 Å². The van der Waals surface area contributed by atoms with Crippen molar-refractivity contribution in [1.29, 1.82) is 0 Å². The van der Waals surface area contributed by atoms with Gasteiger partial charge in [-0.05, 0) is 49.8 Å². The molecule has 1 heterocycles. The smallest absolute Gasteiger partial charge is 0.217 e. The number of nitrogens with one attached hydrogen (secondary N) is 2. The van der Waals surface area contributed by atoms with Crippen molar-refractivity contribution in [2.45, 2.75) is 82.3 Å². The molecule has 1 fully saturated rings. The van der Waals surface area contributed by atoms with Gasteiger partial charge in [-0.25, -0.2) is 4.39 Å². The van der Waals surface area contributed by atoms with Crippen molar-refractivity contribution in [2.75, 3.05) is 6.54 Å². The fourth-order valence-corrected chi connectivity index (χ4v) is 5.05. The Labute approximate surface area is 195 Å². The van der Waals surface area contributed by atoms with Crippen molar-refractivity contribution in [3.63, 3.8) is 0 Å². The van der Waals surface area contributed by atoms with Crippen LogP contribution < -0.4 is 15.4 Å². The zero-order chi connectivity index (χ0) is 23.4. The van der Waals surface area contributed by atoms with E-state index in [0.717, 1.165) is 48.1 Å². The molecule has 2 aliphatic rings. The number of fused-ring (bicyclic) bond motifs is 1. The molecule has 4 atom stereocenters. The number of halogens is 1. The number of hydrogen-bond donors (Lipinski definition) is 3. The third-order valence-electron chi connectivity index (χ3n) is 6.86. The molecule has 0 saturated heterocycles.